The highest BCUT2D eigenvalue weighted by molar-refractivity contribution is 6.10. The number of fused-ring (bicyclic) bond motifs is 20. The second-order valence-corrected chi connectivity index (χ2v) is 32.3. The fourth-order valence-electron chi connectivity index (χ4n) is 17.3. The Balaban J connectivity index is 1.42. The number of benzene rings is 4. The van der Waals surface area contributed by atoms with Gasteiger partial charge in [-0.3, -0.25) is 0 Å². The first kappa shape index (κ1) is 82.3. The van der Waals surface area contributed by atoms with Crippen LogP contribution in [0.3, 0.4) is 0 Å². The van der Waals surface area contributed by atoms with Gasteiger partial charge in [0.25, 0.3) is 0 Å². The molecule has 0 spiro atoms. The molecule has 2 N–H and O–H groups in total. The third kappa shape index (κ3) is 24.1. The SMILES string of the molecule is CCCCCCCCc1ccc(CCCCCCCC)c2c1-c1nc-2nc2[nH]c(nc3nc(nc4[nH]c(n1)c1c(CCCCCCCC)ccc(CCCCCCCC)c41)-c1c(CCCCCCCC)ccc(CCCCCCCC)c1-3)c1c(CCCCCCCC)ccc(CCCCCCCC)c21. The highest BCUT2D eigenvalue weighted by atomic mass is 15.1. The van der Waals surface area contributed by atoms with Gasteiger partial charge in [0, 0.05) is 43.8 Å². The van der Waals surface area contributed by atoms with Crippen molar-refractivity contribution in [2.75, 3.05) is 0 Å². The van der Waals surface area contributed by atoms with Gasteiger partial charge in [0.2, 0.25) is 0 Å². The largest absolute Gasteiger partial charge is 0.324 e. The summed E-state index contributed by atoms with van der Waals surface area (Å²) < 4.78 is 0. The van der Waals surface area contributed by atoms with E-state index in [0.29, 0.717) is 0 Å². The van der Waals surface area contributed by atoms with E-state index >= 15 is 0 Å². The van der Waals surface area contributed by atoms with Crippen LogP contribution in [-0.4, -0.2) is 39.9 Å². The molecular formula is C96H146N8. The zero-order valence-electron chi connectivity index (χ0n) is 67.9. The Bertz CT molecular complexity index is 3320. The molecule has 0 radical (unpaired) electrons. The van der Waals surface area contributed by atoms with Crippen LogP contribution >= 0.6 is 0 Å². The summed E-state index contributed by atoms with van der Waals surface area (Å²) in [5, 5.41) is 4.92. The molecule has 5 heterocycles. The number of aromatic amines is 2. The summed E-state index contributed by atoms with van der Waals surface area (Å²) in [6.45, 7) is 18.7. The number of aromatic nitrogens is 8. The molecule has 0 saturated carbocycles. The van der Waals surface area contributed by atoms with E-state index in [1.165, 1.54) is 345 Å². The average Bonchev–Trinajstić information content (AvgIpc) is 1.58. The fourth-order valence-corrected chi connectivity index (χ4v) is 17.3. The predicted octanol–water partition coefficient (Wildman–Crippen LogP) is 30.1. The van der Waals surface area contributed by atoms with Crippen LogP contribution in [0.1, 0.15) is 408 Å². The summed E-state index contributed by atoms with van der Waals surface area (Å²) in [5.74, 6) is 3.20. The molecule has 8 bridgehead atoms. The minimum atomic E-state index is 0.801. The van der Waals surface area contributed by atoms with E-state index in [2.05, 4.69) is 114 Å². The molecule has 8 heteroatoms. The number of rotatable bonds is 56. The normalized spacial score (nSPS) is 12.1. The predicted molar refractivity (Wildman–Crippen MR) is 453 cm³/mol. The van der Waals surface area contributed by atoms with E-state index in [1.54, 1.807) is 0 Å². The lowest BCUT2D eigenvalue weighted by Crippen LogP contribution is -1.98. The van der Waals surface area contributed by atoms with Gasteiger partial charge in [-0.2, -0.15) is 0 Å². The van der Waals surface area contributed by atoms with Gasteiger partial charge in [0.1, 0.15) is 22.6 Å². The monoisotopic (exact) mass is 1410 g/mol. The van der Waals surface area contributed by atoms with Crippen LogP contribution in [0.15, 0.2) is 48.5 Å². The lowest BCUT2D eigenvalue weighted by atomic mass is 9.91. The Kier molecular flexibility index (Phi) is 37.3. The topological polar surface area (TPSA) is 109 Å². The first-order valence-electron chi connectivity index (χ1n) is 44.8. The van der Waals surface area contributed by atoms with Crippen LogP contribution in [0.4, 0.5) is 0 Å². The van der Waals surface area contributed by atoms with Crippen molar-refractivity contribution >= 4 is 44.1 Å². The van der Waals surface area contributed by atoms with Gasteiger partial charge in [0.15, 0.2) is 23.3 Å². The zero-order valence-corrected chi connectivity index (χ0v) is 67.9. The summed E-state index contributed by atoms with van der Waals surface area (Å²) in [4.78, 5) is 44.9. The minimum Gasteiger partial charge on any atom is -0.324 e. The Morgan fingerprint density at radius 1 is 0.173 bits per heavy atom. The van der Waals surface area contributed by atoms with Crippen LogP contribution in [0.2, 0.25) is 0 Å². The first-order chi connectivity index (χ1) is 51.4. The van der Waals surface area contributed by atoms with E-state index in [4.69, 9.17) is 29.9 Å². The van der Waals surface area contributed by atoms with Gasteiger partial charge in [-0.05, 0) is 147 Å². The van der Waals surface area contributed by atoms with Crippen molar-refractivity contribution in [3.05, 3.63) is 93.0 Å². The third-order valence-electron chi connectivity index (χ3n) is 23.5. The van der Waals surface area contributed by atoms with E-state index in [-0.39, 0.29) is 0 Å². The van der Waals surface area contributed by atoms with Crippen molar-refractivity contribution in [2.24, 2.45) is 0 Å². The number of nitrogens with one attached hydrogen (secondary N) is 2. The van der Waals surface area contributed by atoms with E-state index in [9.17, 15) is 0 Å². The van der Waals surface area contributed by atoms with E-state index in [0.717, 1.165) is 149 Å². The van der Waals surface area contributed by atoms with Gasteiger partial charge in [0.05, 0.1) is 0 Å². The van der Waals surface area contributed by atoms with Crippen molar-refractivity contribution in [1.82, 2.24) is 39.9 Å². The van der Waals surface area contributed by atoms with Crippen molar-refractivity contribution in [3.63, 3.8) is 0 Å². The fraction of sp³-hybridized carbons (Fsp3) is 0.667. The van der Waals surface area contributed by atoms with E-state index < -0.39 is 0 Å². The molecule has 0 fully saturated rings. The summed E-state index contributed by atoms with van der Waals surface area (Å²) in [7, 11) is 0. The standard InChI is InChI=1S/C96H146N8/c1-9-17-25-33-41-49-57-73-65-66-74(58-50-42-34-26-18-10-2)82-81(73)89-97-90(82)102-92-85-77(61-53-45-37-29-21-13-5)69-70-78(62-54-46-38-30-22-14-6)86(85)94(99-92)104-96-88-80(64-56-48-40-32-24-16-8)72-71-79(63-55-47-39-31-23-15-7)87(88)95(100-96)103-93-84-76(60-52-44-36-28-20-12-4)68-67-75(83(84)91(98-93)101-89)59-51-43-35-27-19-11-3/h65-72H,9-64H2,1-8H3,(H2,97,98,99,100,101,102,103,104). The van der Waals surface area contributed by atoms with Crippen molar-refractivity contribution in [2.45, 2.75) is 415 Å². The van der Waals surface area contributed by atoms with Crippen LogP contribution in [0.5, 0.6) is 0 Å². The summed E-state index contributed by atoms with van der Waals surface area (Å²) in [5.41, 5.74) is 19.3. The highest BCUT2D eigenvalue weighted by Crippen LogP contribution is 2.45. The van der Waals surface area contributed by atoms with Crippen molar-refractivity contribution in [1.29, 1.82) is 0 Å². The molecule has 2 aliphatic heterocycles. The number of aryl methyl sites for hydroxylation is 8. The molecular weight excluding hydrogens is 1270 g/mol. The third-order valence-corrected chi connectivity index (χ3v) is 23.5. The molecule has 2 aliphatic rings. The number of unbranched alkanes of at least 4 members (excludes halogenated alkanes) is 40. The maximum Gasteiger partial charge on any atom is 0.165 e. The Morgan fingerprint density at radius 2 is 0.317 bits per heavy atom. The molecule has 3 aromatic heterocycles. The quantitative estimate of drug-likeness (QED) is 0.0368. The summed E-state index contributed by atoms with van der Waals surface area (Å²) in [6.07, 6.45) is 68.1. The lowest BCUT2D eigenvalue weighted by molar-refractivity contribution is 0.606. The molecule has 4 aromatic carbocycles. The molecule has 0 saturated heterocycles. The Labute approximate surface area is 633 Å². The number of H-pyrrole nitrogens is 2. The van der Waals surface area contributed by atoms with Crippen LogP contribution in [0, 0.1) is 0 Å². The molecule has 0 amide bonds. The van der Waals surface area contributed by atoms with Gasteiger partial charge < -0.3 is 9.97 Å². The minimum absolute atomic E-state index is 0.801. The Morgan fingerprint density at radius 3 is 0.490 bits per heavy atom. The molecule has 104 heavy (non-hydrogen) atoms. The van der Waals surface area contributed by atoms with Crippen LogP contribution in [0.25, 0.3) is 89.7 Å². The maximum absolute atomic E-state index is 6.14. The molecule has 7 aromatic rings. The summed E-state index contributed by atoms with van der Waals surface area (Å²) in [6, 6.07) is 20.0. The first-order valence-corrected chi connectivity index (χ1v) is 44.8. The molecule has 0 aliphatic carbocycles. The second kappa shape index (κ2) is 47.1. The van der Waals surface area contributed by atoms with Gasteiger partial charge in [-0.25, -0.2) is 29.9 Å². The van der Waals surface area contributed by atoms with Crippen molar-refractivity contribution in [3.8, 4) is 45.6 Å². The average molecular weight is 1410 g/mol. The molecule has 0 atom stereocenters. The van der Waals surface area contributed by atoms with E-state index in [1.807, 2.05) is 0 Å². The van der Waals surface area contributed by atoms with Crippen LogP contribution < -0.4 is 0 Å². The summed E-state index contributed by atoms with van der Waals surface area (Å²) >= 11 is 0. The smallest absolute Gasteiger partial charge is 0.165 e. The lowest BCUT2D eigenvalue weighted by Gasteiger charge is -2.13. The molecule has 570 valence electrons. The van der Waals surface area contributed by atoms with Gasteiger partial charge >= 0.3 is 0 Å². The zero-order chi connectivity index (χ0) is 72.8. The molecule has 8 nitrogen and oxygen atoms in total. The maximum atomic E-state index is 6.14. The molecule has 0 unspecified atom stereocenters. The number of nitrogens with zero attached hydrogens (tertiary/aromatic N) is 6. The number of hydrogen-bond donors (Lipinski definition) is 2. The Hall–Kier alpha value is -5.76. The van der Waals surface area contributed by atoms with Gasteiger partial charge in [-0.15, -0.1) is 0 Å². The number of hydrogen-bond acceptors (Lipinski definition) is 6. The molecule has 9 rings (SSSR count). The van der Waals surface area contributed by atoms with Gasteiger partial charge in [-0.1, -0.05) is 361 Å². The van der Waals surface area contributed by atoms with Crippen LogP contribution in [-0.2, 0) is 51.4 Å². The second-order valence-electron chi connectivity index (χ2n) is 32.3. The highest BCUT2D eigenvalue weighted by Gasteiger charge is 2.30. The van der Waals surface area contributed by atoms with Crippen molar-refractivity contribution < 1.29 is 0 Å².